The molecule has 1 aliphatic rings. The Balaban J connectivity index is 1.33. The molecular formula is C32H34N2O3. The lowest BCUT2D eigenvalue weighted by atomic mass is 9.99. The van der Waals surface area contributed by atoms with Crippen molar-refractivity contribution in [3.8, 4) is 5.75 Å². The maximum absolute atomic E-state index is 12.7. The molecule has 0 radical (unpaired) electrons. The number of esters is 1. The maximum atomic E-state index is 12.7. The molecule has 0 fully saturated rings. The molecule has 37 heavy (non-hydrogen) atoms. The third-order valence-corrected chi connectivity index (χ3v) is 7.07. The highest BCUT2D eigenvalue weighted by Gasteiger charge is 2.29. The Morgan fingerprint density at radius 1 is 0.973 bits per heavy atom. The minimum absolute atomic E-state index is 0.0332. The maximum Gasteiger partial charge on any atom is 0.338 e. The first kappa shape index (κ1) is 24.8. The van der Waals surface area contributed by atoms with Crippen molar-refractivity contribution in [3.63, 3.8) is 0 Å². The molecule has 190 valence electrons. The highest BCUT2D eigenvalue weighted by molar-refractivity contribution is 5.95. The van der Waals surface area contributed by atoms with Gasteiger partial charge < -0.3 is 19.7 Å². The summed E-state index contributed by atoms with van der Waals surface area (Å²) in [7, 11) is 0. The Morgan fingerprint density at radius 2 is 1.76 bits per heavy atom. The molecule has 0 aliphatic carbocycles. The SMILES string of the molecule is CCOC(=O)c1c(C)ccc(N2C[C@@H](CNCCc3cccc4ccccc34)Oc3ccccc32)c1C. The molecule has 1 N–H and O–H groups in total. The van der Waals surface area contributed by atoms with Crippen LogP contribution in [-0.2, 0) is 11.2 Å². The second-order valence-corrected chi connectivity index (χ2v) is 9.53. The van der Waals surface area contributed by atoms with Crippen LogP contribution < -0.4 is 15.0 Å². The van der Waals surface area contributed by atoms with E-state index in [1.54, 1.807) is 0 Å². The quantitative estimate of drug-likeness (QED) is 0.228. The van der Waals surface area contributed by atoms with Crippen molar-refractivity contribution >= 4 is 28.1 Å². The van der Waals surface area contributed by atoms with Gasteiger partial charge >= 0.3 is 5.97 Å². The zero-order chi connectivity index (χ0) is 25.8. The standard InChI is InChI=1S/C32H34N2O3/c1-4-36-32(35)31-22(2)16-17-28(23(31)3)34-21-26(37-30-15-8-7-14-29(30)34)20-33-19-18-25-12-9-11-24-10-5-6-13-27(24)25/h5-17,26,33H,4,18-21H2,1-3H3/t26-/m1/s1. The number of aryl methyl sites for hydroxylation is 1. The van der Waals surface area contributed by atoms with Crippen LogP contribution in [0.3, 0.4) is 0 Å². The summed E-state index contributed by atoms with van der Waals surface area (Å²) in [5, 5.41) is 6.20. The zero-order valence-corrected chi connectivity index (χ0v) is 21.8. The monoisotopic (exact) mass is 494 g/mol. The molecular weight excluding hydrogens is 460 g/mol. The van der Waals surface area contributed by atoms with Crippen LogP contribution in [-0.4, -0.2) is 38.3 Å². The van der Waals surface area contributed by atoms with Crippen molar-refractivity contribution < 1.29 is 14.3 Å². The van der Waals surface area contributed by atoms with Gasteiger partial charge in [0.05, 0.1) is 24.4 Å². The molecule has 0 bridgehead atoms. The van der Waals surface area contributed by atoms with E-state index in [0.29, 0.717) is 18.7 Å². The van der Waals surface area contributed by atoms with E-state index in [-0.39, 0.29) is 12.1 Å². The van der Waals surface area contributed by atoms with Gasteiger partial charge in [-0.3, -0.25) is 0 Å². The number of nitrogens with zero attached hydrogens (tertiary/aromatic N) is 1. The summed E-state index contributed by atoms with van der Waals surface area (Å²) in [4.78, 5) is 15.0. The van der Waals surface area contributed by atoms with Gasteiger partial charge in [0.15, 0.2) is 0 Å². The average Bonchev–Trinajstić information content (AvgIpc) is 2.91. The molecule has 5 rings (SSSR count). The number of ether oxygens (including phenoxy) is 2. The number of anilines is 2. The lowest BCUT2D eigenvalue weighted by Gasteiger charge is -2.37. The van der Waals surface area contributed by atoms with Crippen LogP contribution in [0.4, 0.5) is 11.4 Å². The van der Waals surface area contributed by atoms with E-state index in [9.17, 15) is 4.79 Å². The first-order chi connectivity index (χ1) is 18.1. The van der Waals surface area contributed by atoms with Crippen molar-refractivity contribution in [3.05, 3.63) is 101 Å². The fourth-order valence-electron chi connectivity index (χ4n) is 5.28. The van der Waals surface area contributed by atoms with Crippen molar-refractivity contribution in [2.75, 3.05) is 31.1 Å². The van der Waals surface area contributed by atoms with Crippen molar-refractivity contribution in [1.29, 1.82) is 0 Å². The Labute approximate surface area is 219 Å². The van der Waals surface area contributed by atoms with Gasteiger partial charge in [0.1, 0.15) is 11.9 Å². The van der Waals surface area contributed by atoms with Crippen LogP contribution in [0.5, 0.6) is 5.75 Å². The smallest absolute Gasteiger partial charge is 0.338 e. The number of hydrogen-bond acceptors (Lipinski definition) is 5. The molecule has 4 aromatic rings. The Hall–Kier alpha value is -3.83. The molecule has 1 aliphatic heterocycles. The molecule has 1 heterocycles. The van der Waals surface area contributed by atoms with Gasteiger partial charge in [-0.1, -0.05) is 60.7 Å². The second kappa shape index (κ2) is 11.1. The molecule has 5 heteroatoms. The lowest BCUT2D eigenvalue weighted by Crippen LogP contribution is -2.44. The summed E-state index contributed by atoms with van der Waals surface area (Å²) >= 11 is 0. The molecule has 1 atom stereocenters. The van der Waals surface area contributed by atoms with Crippen LogP contribution in [0, 0.1) is 13.8 Å². The fourth-order valence-corrected chi connectivity index (χ4v) is 5.28. The molecule has 4 aromatic carbocycles. The number of carbonyl (C=O) groups excluding carboxylic acids is 1. The minimum atomic E-state index is -0.271. The number of rotatable bonds is 8. The topological polar surface area (TPSA) is 50.8 Å². The fraction of sp³-hybridized carbons (Fsp3) is 0.281. The molecule has 0 unspecified atom stereocenters. The van der Waals surface area contributed by atoms with E-state index in [2.05, 4.69) is 64.8 Å². The van der Waals surface area contributed by atoms with Crippen molar-refractivity contribution in [2.45, 2.75) is 33.3 Å². The third-order valence-electron chi connectivity index (χ3n) is 7.07. The van der Waals surface area contributed by atoms with Gasteiger partial charge in [0.2, 0.25) is 0 Å². The molecule has 0 saturated heterocycles. The molecule has 0 spiro atoms. The van der Waals surface area contributed by atoms with E-state index in [4.69, 9.17) is 9.47 Å². The average molecular weight is 495 g/mol. The first-order valence-corrected chi connectivity index (χ1v) is 13.0. The van der Waals surface area contributed by atoms with Crippen molar-refractivity contribution in [1.82, 2.24) is 5.32 Å². The van der Waals surface area contributed by atoms with Gasteiger partial charge in [-0.2, -0.15) is 0 Å². The van der Waals surface area contributed by atoms with Crippen LogP contribution >= 0.6 is 0 Å². The number of fused-ring (bicyclic) bond motifs is 2. The molecule has 0 saturated carbocycles. The normalized spacial score (nSPS) is 14.8. The largest absolute Gasteiger partial charge is 0.485 e. The Morgan fingerprint density at radius 3 is 2.62 bits per heavy atom. The summed E-state index contributed by atoms with van der Waals surface area (Å²) in [5.74, 6) is 0.583. The highest BCUT2D eigenvalue weighted by Crippen LogP contribution is 2.40. The summed E-state index contributed by atoms with van der Waals surface area (Å²) in [6.45, 7) is 8.43. The zero-order valence-electron chi connectivity index (χ0n) is 21.8. The summed E-state index contributed by atoms with van der Waals surface area (Å²) in [6.07, 6.45) is 0.920. The highest BCUT2D eigenvalue weighted by atomic mass is 16.5. The van der Waals surface area contributed by atoms with Crippen LogP contribution in [0.2, 0.25) is 0 Å². The number of hydrogen-bond donors (Lipinski definition) is 1. The van der Waals surface area contributed by atoms with E-state index >= 15 is 0 Å². The lowest BCUT2D eigenvalue weighted by molar-refractivity contribution is 0.0524. The number of nitrogens with one attached hydrogen (secondary N) is 1. The molecule has 0 amide bonds. The number of benzene rings is 4. The number of carbonyl (C=O) groups is 1. The second-order valence-electron chi connectivity index (χ2n) is 9.53. The molecule has 5 nitrogen and oxygen atoms in total. The predicted molar refractivity (Wildman–Crippen MR) is 150 cm³/mol. The first-order valence-electron chi connectivity index (χ1n) is 13.0. The van der Waals surface area contributed by atoms with E-state index in [0.717, 1.165) is 47.8 Å². The van der Waals surface area contributed by atoms with Gasteiger partial charge in [0, 0.05) is 12.2 Å². The Bertz CT molecular complexity index is 1410. The van der Waals surface area contributed by atoms with E-state index in [1.807, 2.05) is 45.0 Å². The minimum Gasteiger partial charge on any atom is -0.485 e. The van der Waals surface area contributed by atoms with Crippen LogP contribution in [0.1, 0.15) is 34.0 Å². The van der Waals surface area contributed by atoms with E-state index in [1.165, 1.54) is 16.3 Å². The van der Waals surface area contributed by atoms with E-state index < -0.39 is 0 Å². The molecule has 0 aromatic heterocycles. The van der Waals surface area contributed by atoms with Crippen LogP contribution in [0.25, 0.3) is 10.8 Å². The Kier molecular flexibility index (Phi) is 7.42. The summed E-state index contributed by atoms with van der Waals surface area (Å²) < 4.78 is 11.7. The van der Waals surface area contributed by atoms with Gasteiger partial charge in [-0.25, -0.2) is 4.79 Å². The van der Waals surface area contributed by atoms with Gasteiger partial charge in [-0.15, -0.1) is 0 Å². The third kappa shape index (κ3) is 5.18. The van der Waals surface area contributed by atoms with Crippen molar-refractivity contribution in [2.24, 2.45) is 0 Å². The van der Waals surface area contributed by atoms with Crippen LogP contribution in [0.15, 0.2) is 78.9 Å². The summed E-state index contributed by atoms with van der Waals surface area (Å²) in [6, 6.07) is 27.2. The van der Waals surface area contributed by atoms with Gasteiger partial charge in [0.25, 0.3) is 0 Å². The van der Waals surface area contributed by atoms with Gasteiger partial charge in [-0.05, 0) is 79.4 Å². The summed E-state index contributed by atoms with van der Waals surface area (Å²) in [5.41, 5.74) is 5.86. The number of para-hydroxylation sites is 2. The predicted octanol–water partition coefficient (Wildman–Crippen LogP) is 6.36.